The van der Waals surface area contributed by atoms with Crippen LogP contribution in [0.25, 0.3) is 10.8 Å². The lowest BCUT2D eigenvalue weighted by Gasteiger charge is -2.16. The van der Waals surface area contributed by atoms with Gasteiger partial charge in [0.25, 0.3) is 5.89 Å². The second-order valence-electron chi connectivity index (χ2n) is 3.80. The zero-order valence-corrected chi connectivity index (χ0v) is 10.6. The molecule has 16 heavy (non-hydrogen) atoms. The van der Waals surface area contributed by atoms with Gasteiger partial charge in [-0.2, -0.15) is 4.98 Å². The number of nitrogens with zero attached hydrogens (tertiary/aromatic N) is 2. The normalized spacial score (nSPS) is 15.0. The first-order valence-corrected chi connectivity index (χ1v) is 6.11. The van der Waals surface area contributed by atoms with E-state index in [1.807, 2.05) is 19.9 Å². The molecule has 0 bridgehead atoms. The number of hydrogen-bond donors (Lipinski definition) is 1. The molecule has 86 valence electrons. The molecule has 0 aliphatic heterocycles. The Bertz CT molecular complexity index is 492. The molecule has 2 rings (SSSR count). The minimum absolute atomic E-state index is 0.469. The van der Waals surface area contributed by atoms with Crippen molar-refractivity contribution < 1.29 is 4.52 Å². The van der Waals surface area contributed by atoms with E-state index in [4.69, 9.17) is 21.9 Å². The molecule has 0 spiro atoms. The molecule has 0 aromatic carbocycles. The van der Waals surface area contributed by atoms with Gasteiger partial charge in [-0.25, -0.2) is 0 Å². The molecule has 2 heterocycles. The summed E-state index contributed by atoms with van der Waals surface area (Å²) in [6, 6.07) is 3.65. The first-order chi connectivity index (χ1) is 7.53. The van der Waals surface area contributed by atoms with Crippen molar-refractivity contribution in [1.29, 1.82) is 0 Å². The Morgan fingerprint density at radius 3 is 2.88 bits per heavy atom. The van der Waals surface area contributed by atoms with Crippen LogP contribution in [0.3, 0.4) is 0 Å². The first-order valence-electron chi connectivity index (χ1n) is 4.91. The molecule has 0 radical (unpaired) electrons. The van der Waals surface area contributed by atoms with E-state index >= 15 is 0 Å². The van der Waals surface area contributed by atoms with Gasteiger partial charge in [-0.1, -0.05) is 23.7 Å². The molecule has 0 fully saturated rings. The second kappa shape index (κ2) is 4.16. The predicted molar refractivity (Wildman–Crippen MR) is 64.5 cm³/mol. The van der Waals surface area contributed by atoms with Crippen molar-refractivity contribution in [3.8, 4) is 10.8 Å². The fraction of sp³-hybridized carbons (Fsp3) is 0.400. The zero-order chi connectivity index (χ0) is 11.8. The van der Waals surface area contributed by atoms with Crippen LogP contribution < -0.4 is 5.73 Å². The minimum Gasteiger partial charge on any atom is -0.333 e. The van der Waals surface area contributed by atoms with Crippen LogP contribution in [0, 0.1) is 0 Å². The molecule has 2 N–H and O–H groups in total. The molecule has 0 saturated carbocycles. The highest BCUT2D eigenvalue weighted by Gasteiger charge is 2.25. The number of hydrogen-bond acceptors (Lipinski definition) is 5. The molecule has 0 saturated heterocycles. The fourth-order valence-corrected chi connectivity index (χ4v) is 2.11. The van der Waals surface area contributed by atoms with E-state index in [9.17, 15) is 0 Å². The Hall–Kier alpha value is -0.910. The Labute approximate surface area is 102 Å². The number of halogens is 1. The standard InChI is InChI=1S/C10H12ClN3OS/c1-3-10(2,12)9-13-8(15-14-9)6-4-5-7(11)16-6/h4-5H,3,12H2,1-2H3. The van der Waals surface area contributed by atoms with Crippen LogP contribution in [0.1, 0.15) is 26.1 Å². The van der Waals surface area contributed by atoms with E-state index in [0.29, 0.717) is 16.1 Å². The summed E-state index contributed by atoms with van der Waals surface area (Å²) in [5.74, 6) is 0.992. The van der Waals surface area contributed by atoms with Crippen LogP contribution in [0.15, 0.2) is 16.7 Å². The van der Waals surface area contributed by atoms with Gasteiger partial charge >= 0.3 is 0 Å². The summed E-state index contributed by atoms with van der Waals surface area (Å²) < 4.78 is 5.86. The third-order valence-corrected chi connectivity index (χ3v) is 3.67. The monoisotopic (exact) mass is 257 g/mol. The van der Waals surface area contributed by atoms with E-state index in [-0.39, 0.29) is 0 Å². The molecule has 0 aliphatic rings. The summed E-state index contributed by atoms with van der Waals surface area (Å²) in [6.07, 6.45) is 0.747. The third kappa shape index (κ3) is 2.11. The van der Waals surface area contributed by atoms with Gasteiger partial charge in [-0.3, -0.25) is 0 Å². The maximum absolute atomic E-state index is 6.03. The average molecular weight is 258 g/mol. The number of rotatable bonds is 3. The van der Waals surface area contributed by atoms with Crippen LogP contribution in [-0.2, 0) is 5.54 Å². The van der Waals surface area contributed by atoms with Crippen LogP contribution in [0.2, 0.25) is 4.34 Å². The van der Waals surface area contributed by atoms with Gasteiger partial charge in [0.2, 0.25) is 0 Å². The number of aromatic nitrogens is 2. The number of thiophene rings is 1. The van der Waals surface area contributed by atoms with Crippen LogP contribution in [0.4, 0.5) is 0 Å². The van der Waals surface area contributed by atoms with Gasteiger partial charge in [0.1, 0.15) is 0 Å². The molecule has 1 atom stereocenters. The van der Waals surface area contributed by atoms with Crippen LogP contribution in [-0.4, -0.2) is 10.1 Å². The molecule has 2 aromatic rings. The Balaban J connectivity index is 2.33. The maximum Gasteiger partial charge on any atom is 0.268 e. The lowest BCUT2D eigenvalue weighted by atomic mass is 10.0. The van der Waals surface area contributed by atoms with Crippen molar-refractivity contribution in [1.82, 2.24) is 10.1 Å². The molecule has 2 aromatic heterocycles. The van der Waals surface area contributed by atoms with Gasteiger partial charge in [-0.15, -0.1) is 11.3 Å². The van der Waals surface area contributed by atoms with Crippen molar-refractivity contribution in [2.24, 2.45) is 5.73 Å². The van der Waals surface area contributed by atoms with E-state index in [1.54, 1.807) is 6.07 Å². The van der Waals surface area contributed by atoms with Gasteiger partial charge in [-0.05, 0) is 25.5 Å². The van der Waals surface area contributed by atoms with E-state index in [2.05, 4.69) is 10.1 Å². The van der Waals surface area contributed by atoms with E-state index in [1.165, 1.54) is 11.3 Å². The molecular weight excluding hydrogens is 246 g/mol. The molecule has 4 nitrogen and oxygen atoms in total. The summed E-state index contributed by atoms with van der Waals surface area (Å²) in [4.78, 5) is 5.14. The molecule has 1 unspecified atom stereocenters. The molecule has 6 heteroatoms. The average Bonchev–Trinajstić information content (AvgIpc) is 2.85. The highest BCUT2D eigenvalue weighted by atomic mass is 35.5. The van der Waals surface area contributed by atoms with E-state index < -0.39 is 5.54 Å². The van der Waals surface area contributed by atoms with Crippen molar-refractivity contribution in [2.45, 2.75) is 25.8 Å². The lowest BCUT2D eigenvalue weighted by molar-refractivity contribution is 0.379. The van der Waals surface area contributed by atoms with Crippen molar-refractivity contribution in [3.63, 3.8) is 0 Å². The van der Waals surface area contributed by atoms with Crippen LogP contribution in [0.5, 0.6) is 0 Å². The van der Waals surface area contributed by atoms with Gasteiger partial charge in [0.05, 0.1) is 14.8 Å². The topological polar surface area (TPSA) is 64.9 Å². The summed E-state index contributed by atoms with van der Waals surface area (Å²) in [5.41, 5.74) is 5.47. The molecule has 0 aliphatic carbocycles. The first kappa shape index (κ1) is 11.6. The summed E-state index contributed by atoms with van der Waals surface area (Å²) in [7, 11) is 0. The third-order valence-electron chi connectivity index (χ3n) is 2.46. The Morgan fingerprint density at radius 2 is 2.31 bits per heavy atom. The highest BCUT2D eigenvalue weighted by Crippen LogP contribution is 2.31. The SMILES string of the molecule is CCC(C)(N)c1noc(-c2ccc(Cl)s2)n1. The van der Waals surface area contributed by atoms with Gasteiger partial charge in [0, 0.05) is 0 Å². The van der Waals surface area contributed by atoms with Crippen molar-refractivity contribution >= 4 is 22.9 Å². The van der Waals surface area contributed by atoms with Gasteiger partial charge in [0.15, 0.2) is 5.82 Å². The number of nitrogens with two attached hydrogens (primary N) is 1. The van der Waals surface area contributed by atoms with E-state index in [0.717, 1.165) is 11.3 Å². The predicted octanol–water partition coefficient (Wildman–Crippen LogP) is 3.04. The largest absolute Gasteiger partial charge is 0.333 e. The highest BCUT2D eigenvalue weighted by molar-refractivity contribution is 7.19. The maximum atomic E-state index is 6.03. The smallest absolute Gasteiger partial charge is 0.268 e. The quantitative estimate of drug-likeness (QED) is 0.918. The fourth-order valence-electron chi connectivity index (χ4n) is 1.14. The minimum atomic E-state index is -0.553. The Morgan fingerprint density at radius 1 is 1.56 bits per heavy atom. The van der Waals surface area contributed by atoms with Crippen molar-refractivity contribution in [2.75, 3.05) is 0 Å². The van der Waals surface area contributed by atoms with Crippen molar-refractivity contribution in [3.05, 3.63) is 22.3 Å². The second-order valence-corrected chi connectivity index (χ2v) is 5.51. The summed E-state index contributed by atoms with van der Waals surface area (Å²) in [5, 5.41) is 3.90. The van der Waals surface area contributed by atoms with Gasteiger partial charge < -0.3 is 10.3 Å². The molecular formula is C10H12ClN3OS. The lowest BCUT2D eigenvalue weighted by Crippen LogP contribution is -2.33. The Kier molecular flexibility index (Phi) is 3.01. The summed E-state index contributed by atoms with van der Waals surface area (Å²) in [6.45, 7) is 3.86. The zero-order valence-electron chi connectivity index (χ0n) is 9.03. The summed E-state index contributed by atoms with van der Waals surface area (Å²) >= 11 is 7.24. The van der Waals surface area contributed by atoms with Crippen LogP contribution >= 0.6 is 22.9 Å². The molecule has 0 amide bonds.